The van der Waals surface area contributed by atoms with Gasteiger partial charge >= 0.3 is 0 Å². The molecule has 0 radical (unpaired) electrons. The minimum absolute atomic E-state index is 0.0861. The number of carbonyl (C=O) groups is 1. The fraction of sp³-hybridized carbons (Fsp3) is 0.562. The average molecular weight is 277 g/mol. The first-order chi connectivity index (χ1) is 9.20. The molecule has 0 spiro atoms. The molecule has 3 heteroatoms. The van der Waals surface area contributed by atoms with Gasteiger partial charge in [-0.1, -0.05) is 44.2 Å². The second-order valence-corrected chi connectivity index (χ2v) is 6.70. The smallest absolute Gasteiger partial charge is 0.166 e. The lowest BCUT2D eigenvalue weighted by Crippen LogP contribution is -2.41. The maximum atomic E-state index is 12.3. The highest BCUT2D eigenvalue weighted by atomic mass is 32.2. The zero-order valence-corrected chi connectivity index (χ0v) is 12.7. The Labute approximate surface area is 120 Å². The van der Waals surface area contributed by atoms with Gasteiger partial charge in [0.15, 0.2) is 5.78 Å². The maximum absolute atomic E-state index is 12.3. The summed E-state index contributed by atoms with van der Waals surface area (Å²) in [7, 11) is 0. The molecule has 0 saturated carbocycles. The number of hydrogen-bond acceptors (Lipinski definition) is 3. The number of rotatable bonds is 5. The Morgan fingerprint density at radius 1 is 1.42 bits per heavy atom. The quantitative estimate of drug-likeness (QED) is 0.770. The molecule has 1 aliphatic heterocycles. The molecule has 2 atom stereocenters. The van der Waals surface area contributed by atoms with E-state index in [0.29, 0.717) is 0 Å². The van der Waals surface area contributed by atoms with Crippen molar-refractivity contribution in [3.8, 4) is 0 Å². The van der Waals surface area contributed by atoms with Crippen LogP contribution in [0.3, 0.4) is 0 Å². The van der Waals surface area contributed by atoms with E-state index < -0.39 is 0 Å². The average Bonchev–Trinajstić information content (AvgIpc) is 2.47. The monoisotopic (exact) mass is 277 g/mol. The topological polar surface area (TPSA) is 20.3 Å². The van der Waals surface area contributed by atoms with Crippen molar-refractivity contribution in [3.63, 3.8) is 0 Å². The van der Waals surface area contributed by atoms with E-state index in [1.54, 1.807) is 0 Å². The highest BCUT2D eigenvalue weighted by Crippen LogP contribution is 2.22. The molecule has 2 nitrogen and oxygen atoms in total. The SMILES string of the molecule is CCC1CN(CC(C)C(=O)c2ccccc2)CCS1. The van der Waals surface area contributed by atoms with Crippen molar-refractivity contribution < 1.29 is 4.79 Å². The molecule has 2 unspecified atom stereocenters. The van der Waals surface area contributed by atoms with Crippen molar-refractivity contribution in [1.82, 2.24) is 4.90 Å². The van der Waals surface area contributed by atoms with E-state index in [4.69, 9.17) is 0 Å². The molecule has 19 heavy (non-hydrogen) atoms. The normalized spacial score (nSPS) is 22.1. The number of thioether (sulfide) groups is 1. The van der Waals surface area contributed by atoms with Gasteiger partial charge in [-0.05, 0) is 6.42 Å². The molecule has 2 rings (SSSR count). The van der Waals surface area contributed by atoms with Gasteiger partial charge in [0.2, 0.25) is 0 Å². The molecule has 0 N–H and O–H groups in total. The molecule has 1 aromatic rings. The van der Waals surface area contributed by atoms with E-state index in [1.165, 1.54) is 12.2 Å². The Hall–Kier alpha value is -0.800. The standard InChI is InChI=1S/C16H23NOS/c1-3-15-12-17(9-10-19-15)11-13(2)16(18)14-7-5-4-6-8-14/h4-8,13,15H,3,9-12H2,1-2H3. The lowest BCUT2D eigenvalue weighted by atomic mass is 9.99. The van der Waals surface area contributed by atoms with Crippen molar-refractivity contribution >= 4 is 17.5 Å². The van der Waals surface area contributed by atoms with Crippen molar-refractivity contribution in [1.29, 1.82) is 0 Å². The van der Waals surface area contributed by atoms with Gasteiger partial charge in [-0.3, -0.25) is 4.79 Å². The molecule has 0 aliphatic carbocycles. The first-order valence-electron chi connectivity index (χ1n) is 7.14. The van der Waals surface area contributed by atoms with Gasteiger partial charge in [0, 0.05) is 42.1 Å². The molecule has 1 saturated heterocycles. The molecule has 1 aromatic carbocycles. The third kappa shape index (κ3) is 4.08. The van der Waals surface area contributed by atoms with Crippen LogP contribution in [0.5, 0.6) is 0 Å². The van der Waals surface area contributed by atoms with E-state index in [9.17, 15) is 4.79 Å². The lowest BCUT2D eigenvalue weighted by molar-refractivity contribution is 0.0895. The molecule has 1 aliphatic rings. The third-order valence-corrected chi connectivity index (χ3v) is 5.09. The number of benzene rings is 1. The van der Waals surface area contributed by atoms with Crippen LogP contribution in [0.2, 0.25) is 0 Å². The molecule has 0 bridgehead atoms. The van der Waals surface area contributed by atoms with Crippen molar-refractivity contribution in [2.75, 3.05) is 25.4 Å². The summed E-state index contributed by atoms with van der Waals surface area (Å²) in [4.78, 5) is 14.8. The molecular weight excluding hydrogens is 254 g/mol. The van der Waals surface area contributed by atoms with Crippen LogP contribution in [0, 0.1) is 5.92 Å². The van der Waals surface area contributed by atoms with Gasteiger partial charge in [0.25, 0.3) is 0 Å². The van der Waals surface area contributed by atoms with E-state index in [0.717, 1.165) is 30.4 Å². The van der Waals surface area contributed by atoms with Gasteiger partial charge < -0.3 is 4.90 Å². The van der Waals surface area contributed by atoms with Crippen molar-refractivity contribution in [2.24, 2.45) is 5.92 Å². The fourth-order valence-electron chi connectivity index (χ4n) is 2.55. The molecule has 0 amide bonds. The minimum Gasteiger partial charge on any atom is -0.301 e. The van der Waals surface area contributed by atoms with Crippen LogP contribution in [-0.4, -0.2) is 41.3 Å². The van der Waals surface area contributed by atoms with Crippen LogP contribution >= 0.6 is 11.8 Å². The van der Waals surface area contributed by atoms with Crippen molar-refractivity contribution in [3.05, 3.63) is 35.9 Å². The number of carbonyl (C=O) groups excluding carboxylic acids is 1. The second kappa shape index (κ2) is 7.11. The fourth-order valence-corrected chi connectivity index (χ4v) is 3.80. The summed E-state index contributed by atoms with van der Waals surface area (Å²) in [6.45, 7) is 7.45. The van der Waals surface area contributed by atoms with E-state index >= 15 is 0 Å². The molecular formula is C16H23NOS. The van der Waals surface area contributed by atoms with Gasteiger partial charge in [-0.2, -0.15) is 11.8 Å². The number of ketones is 1. The van der Waals surface area contributed by atoms with Crippen LogP contribution < -0.4 is 0 Å². The minimum atomic E-state index is 0.0861. The lowest BCUT2D eigenvalue weighted by Gasteiger charge is -2.33. The molecule has 0 aromatic heterocycles. The van der Waals surface area contributed by atoms with Gasteiger partial charge in [-0.15, -0.1) is 0 Å². The summed E-state index contributed by atoms with van der Waals surface area (Å²) in [5.41, 5.74) is 0.841. The predicted octanol–water partition coefficient (Wildman–Crippen LogP) is 3.33. The summed E-state index contributed by atoms with van der Waals surface area (Å²) in [6.07, 6.45) is 1.22. The number of hydrogen-bond donors (Lipinski definition) is 0. The Balaban J connectivity index is 1.90. The van der Waals surface area contributed by atoms with Crippen LogP contribution in [-0.2, 0) is 0 Å². The second-order valence-electron chi connectivity index (χ2n) is 5.29. The third-order valence-electron chi connectivity index (χ3n) is 3.72. The van der Waals surface area contributed by atoms with Crippen LogP contribution in [0.4, 0.5) is 0 Å². The highest BCUT2D eigenvalue weighted by Gasteiger charge is 2.23. The highest BCUT2D eigenvalue weighted by molar-refractivity contribution is 8.00. The Morgan fingerprint density at radius 2 is 2.16 bits per heavy atom. The summed E-state index contributed by atoms with van der Waals surface area (Å²) < 4.78 is 0. The predicted molar refractivity (Wildman–Crippen MR) is 82.9 cm³/mol. The molecule has 104 valence electrons. The maximum Gasteiger partial charge on any atom is 0.166 e. The zero-order chi connectivity index (χ0) is 13.7. The van der Waals surface area contributed by atoms with E-state index in [1.807, 2.05) is 30.3 Å². The van der Waals surface area contributed by atoms with Crippen molar-refractivity contribution in [2.45, 2.75) is 25.5 Å². The van der Waals surface area contributed by atoms with Crippen LogP contribution in [0.25, 0.3) is 0 Å². The summed E-state index contributed by atoms with van der Waals surface area (Å²) in [6, 6.07) is 9.66. The Bertz CT molecular complexity index is 406. The first kappa shape index (κ1) is 14.6. The summed E-state index contributed by atoms with van der Waals surface area (Å²) in [5, 5.41) is 0.743. The number of Topliss-reactive ketones (excluding diaryl/α,β-unsaturated/α-hetero) is 1. The first-order valence-corrected chi connectivity index (χ1v) is 8.18. The van der Waals surface area contributed by atoms with Crippen LogP contribution in [0.15, 0.2) is 30.3 Å². The van der Waals surface area contributed by atoms with Gasteiger partial charge in [0.05, 0.1) is 0 Å². The Morgan fingerprint density at radius 3 is 2.84 bits per heavy atom. The number of nitrogens with zero attached hydrogens (tertiary/aromatic N) is 1. The summed E-state index contributed by atoms with van der Waals surface area (Å²) >= 11 is 2.07. The van der Waals surface area contributed by atoms with Gasteiger partial charge in [0.1, 0.15) is 0 Å². The molecule has 1 fully saturated rings. The zero-order valence-electron chi connectivity index (χ0n) is 11.8. The Kier molecular flexibility index (Phi) is 5.46. The summed E-state index contributed by atoms with van der Waals surface area (Å²) in [5.74, 6) is 1.56. The van der Waals surface area contributed by atoms with E-state index in [-0.39, 0.29) is 11.7 Å². The van der Waals surface area contributed by atoms with Crippen LogP contribution in [0.1, 0.15) is 30.6 Å². The molecule has 1 heterocycles. The van der Waals surface area contributed by atoms with Gasteiger partial charge in [-0.25, -0.2) is 0 Å². The van der Waals surface area contributed by atoms with E-state index in [2.05, 4.69) is 30.5 Å². The largest absolute Gasteiger partial charge is 0.301 e.